The van der Waals surface area contributed by atoms with E-state index in [1.54, 1.807) is 6.33 Å². The number of benzene rings is 2. The van der Waals surface area contributed by atoms with Gasteiger partial charge in [-0.2, -0.15) is 0 Å². The van der Waals surface area contributed by atoms with Crippen LogP contribution in [0.1, 0.15) is 16.7 Å². The number of aromatic nitrogens is 2. The predicted octanol–water partition coefficient (Wildman–Crippen LogP) is 4.03. The van der Waals surface area contributed by atoms with Gasteiger partial charge in [-0.1, -0.05) is 60.2 Å². The first-order chi connectivity index (χ1) is 11.7. The van der Waals surface area contributed by atoms with Crippen LogP contribution in [-0.4, -0.2) is 17.0 Å². The van der Waals surface area contributed by atoms with E-state index in [0.717, 1.165) is 24.7 Å². The van der Waals surface area contributed by atoms with Gasteiger partial charge in [0.25, 0.3) is 0 Å². The molecule has 0 spiro atoms. The van der Waals surface area contributed by atoms with Crippen molar-refractivity contribution >= 4 is 11.6 Å². The van der Waals surface area contributed by atoms with Crippen LogP contribution in [0.5, 0.6) is 0 Å². The van der Waals surface area contributed by atoms with Crippen molar-refractivity contribution < 1.29 is 0 Å². The third-order valence-corrected chi connectivity index (χ3v) is 3.90. The van der Waals surface area contributed by atoms with Crippen LogP contribution in [0.25, 0.3) is 0 Å². The normalized spacial score (nSPS) is 10.4. The van der Waals surface area contributed by atoms with Crippen LogP contribution in [0.15, 0.2) is 67.0 Å². The highest BCUT2D eigenvalue weighted by Gasteiger charge is 2.05. The SMILES string of the molecule is Cc1ccc(CNc2cc(N(C)Cc3ccccc3)ncn2)cc1. The van der Waals surface area contributed by atoms with E-state index in [0.29, 0.717) is 0 Å². The van der Waals surface area contributed by atoms with Crippen molar-refractivity contribution in [3.63, 3.8) is 0 Å². The van der Waals surface area contributed by atoms with E-state index in [4.69, 9.17) is 0 Å². The summed E-state index contributed by atoms with van der Waals surface area (Å²) in [5, 5.41) is 3.36. The van der Waals surface area contributed by atoms with Gasteiger partial charge < -0.3 is 10.2 Å². The molecule has 122 valence electrons. The van der Waals surface area contributed by atoms with Crippen molar-refractivity contribution in [3.8, 4) is 0 Å². The summed E-state index contributed by atoms with van der Waals surface area (Å²) in [5.41, 5.74) is 3.76. The molecule has 4 nitrogen and oxygen atoms in total. The van der Waals surface area contributed by atoms with E-state index < -0.39 is 0 Å². The van der Waals surface area contributed by atoms with E-state index in [-0.39, 0.29) is 0 Å². The molecule has 0 bridgehead atoms. The quantitative estimate of drug-likeness (QED) is 0.745. The topological polar surface area (TPSA) is 41.0 Å². The minimum atomic E-state index is 0.749. The summed E-state index contributed by atoms with van der Waals surface area (Å²) in [5.74, 6) is 1.74. The molecule has 24 heavy (non-hydrogen) atoms. The van der Waals surface area contributed by atoms with Crippen molar-refractivity contribution in [3.05, 3.63) is 83.7 Å². The number of nitrogens with one attached hydrogen (secondary N) is 1. The standard InChI is InChI=1S/C20H22N4/c1-16-8-10-17(11-9-16)13-21-19-12-20(23-15-22-19)24(2)14-18-6-4-3-5-7-18/h3-12,15H,13-14H2,1-2H3,(H,21,22,23). The largest absolute Gasteiger partial charge is 0.366 e. The van der Waals surface area contributed by atoms with Gasteiger partial charge in [-0.25, -0.2) is 9.97 Å². The molecular weight excluding hydrogens is 296 g/mol. The number of aryl methyl sites for hydroxylation is 1. The summed E-state index contributed by atoms with van der Waals surface area (Å²) >= 11 is 0. The lowest BCUT2D eigenvalue weighted by molar-refractivity contribution is 0.890. The van der Waals surface area contributed by atoms with Crippen LogP contribution in [-0.2, 0) is 13.1 Å². The van der Waals surface area contributed by atoms with E-state index in [2.05, 4.69) is 75.6 Å². The van der Waals surface area contributed by atoms with Crippen molar-refractivity contribution in [2.75, 3.05) is 17.3 Å². The first kappa shape index (κ1) is 16.0. The van der Waals surface area contributed by atoms with E-state index in [9.17, 15) is 0 Å². The van der Waals surface area contributed by atoms with Crippen LogP contribution < -0.4 is 10.2 Å². The maximum atomic E-state index is 4.38. The number of hydrogen-bond donors (Lipinski definition) is 1. The molecule has 1 aromatic heterocycles. The molecule has 0 aliphatic heterocycles. The molecule has 3 aromatic rings. The summed E-state index contributed by atoms with van der Waals surface area (Å²) in [6.45, 7) is 3.66. The fourth-order valence-electron chi connectivity index (χ4n) is 2.49. The lowest BCUT2D eigenvalue weighted by atomic mass is 10.1. The van der Waals surface area contributed by atoms with Gasteiger partial charge in [-0.3, -0.25) is 0 Å². The summed E-state index contributed by atoms with van der Waals surface area (Å²) < 4.78 is 0. The highest BCUT2D eigenvalue weighted by Crippen LogP contribution is 2.16. The smallest absolute Gasteiger partial charge is 0.134 e. The minimum Gasteiger partial charge on any atom is -0.366 e. The van der Waals surface area contributed by atoms with E-state index >= 15 is 0 Å². The Hall–Kier alpha value is -2.88. The highest BCUT2D eigenvalue weighted by molar-refractivity contribution is 5.48. The molecule has 0 saturated heterocycles. The van der Waals surface area contributed by atoms with Crippen molar-refractivity contribution in [1.82, 2.24) is 9.97 Å². The molecule has 4 heteroatoms. The second kappa shape index (κ2) is 7.59. The first-order valence-corrected chi connectivity index (χ1v) is 8.07. The Bertz CT molecular complexity index is 769. The Kier molecular flexibility index (Phi) is 5.06. The van der Waals surface area contributed by atoms with Gasteiger partial charge in [0.1, 0.15) is 18.0 Å². The Labute approximate surface area is 143 Å². The molecule has 0 aliphatic carbocycles. The number of nitrogens with zero attached hydrogens (tertiary/aromatic N) is 3. The average Bonchev–Trinajstić information content (AvgIpc) is 2.62. The summed E-state index contributed by atoms with van der Waals surface area (Å²) in [7, 11) is 2.04. The molecule has 1 heterocycles. The van der Waals surface area contributed by atoms with Gasteiger partial charge in [0.2, 0.25) is 0 Å². The van der Waals surface area contributed by atoms with Crippen LogP contribution in [0.3, 0.4) is 0 Å². The highest BCUT2D eigenvalue weighted by atomic mass is 15.2. The molecular formula is C20H22N4. The number of hydrogen-bond acceptors (Lipinski definition) is 4. The van der Waals surface area contributed by atoms with Gasteiger partial charge in [0.15, 0.2) is 0 Å². The zero-order valence-electron chi connectivity index (χ0n) is 14.1. The minimum absolute atomic E-state index is 0.749. The van der Waals surface area contributed by atoms with Gasteiger partial charge in [-0.05, 0) is 18.1 Å². The molecule has 0 atom stereocenters. The predicted molar refractivity (Wildman–Crippen MR) is 99.1 cm³/mol. The fraction of sp³-hybridized carbons (Fsp3) is 0.200. The van der Waals surface area contributed by atoms with Gasteiger partial charge in [0, 0.05) is 26.2 Å². The molecule has 0 radical (unpaired) electrons. The fourth-order valence-corrected chi connectivity index (χ4v) is 2.49. The van der Waals surface area contributed by atoms with Gasteiger partial charge in [-0.15, -0.1) is 0 Å². The zero-order chi connectivity index (χ0) is 16.8. The van der Waals surface area contributed by atoms with E-state index in [1.165, 1.54) is 16.7 Å². The maximum absolute atomic E-state index is 4.38. The van der Waals surface area contributed by atoms with Crippen LogP contribution in [0, 0.1) is 6.92 Å². The summed E-state index contributed by atoms with van der Waals surface area (Å²) in [6.07, 6.45) is 1.61. The molecule has 3 rings (SSSR count). The number of rotatable bonds is 6. The molecule has 0 saturated carbocycles. The number of anilines is 2. The molecule has 0 fully saturated rings. The molecule has 1 N–H and O–H groups in total. The average molecular weight is 318 g/mol. The summed E-state index contributed by atoms with van der Waals surface area (Å²) in [4.78, 5) is 10.8. The Morgan fingerprint density at radius 1 is 0.917 bits per heavy atom. The van der Waals surface area contributed by atoms with Crippen molar-refractivity contribution in [2.24, 2.45) is 0 Å². The van der Waals surface area contributed by atoms with Crippen LogP contribution >= 0.6 is 0 Å². The molecule has 0 unspecified atom stereocenters. The maximum Gasteiger partial charge on any atom is 0.134 e. The third kappa shape index (κ3) is 4.32. The second-order valence-corrected chi connectivity index (χ2v) is 5.94. The van der Waals surface area contributed by atoms with E-state index in [1.807, 2.05) is 19.2 Å². The monoisotopic (exact) mass is 318 g/mol. The van der Waals surface area contributed by atoms with Crippen molar-refractivity contribution in [2.45, 2.75) is 20.0 Å². The zero-order valence-corrected chi connectivity index (χ0v) is 14.1. The Balaban J connectivity index is 1.64. The molecule has 0 amide bonds. The van der Waals surface area contributed by atoms with Crippen LogP contribution in [0.2, 0.25) is 0 Å². The van der Waals surface area contributed by atoms with Gasteiger partial charge in [0.05, 0.1) is 0 Å². The molecule has 2 aromatic carbocycles. The van der Waals surface area contributed by atoms with Crippen LogP contribution in [0.4, 0.5) is 11.6 Å². The molecule has 0 aliphatic rings. The Morgan fingerprint density at radius 2 is 1.67 bits per heavy atom. The van der Waals surface area contributed by atoms with Gasteiger partial charge >= 0.3 is 0 Å². The summed E-state index contributed by atoms with van der Waals surface area (Å²) in [6, 6.07) is 20.9. The van der Waals surface area contributed by atoms with Crippen molar-refractivity contribution in [1.29, 1.82) is 0 Å². The third-order valence-electron chi connectivity index (χ3n) is 3.90. The second-order valence-electron chi connectivity index (χ2n) is 5.94. The lowest BCUT2D eigenvalue weighted by Crippen LogP contribution is -2.18. The first-order valence-electron chi connectivity index (χ1n) is 8.07. The Morgan fingerprint density at radius 3 is 2.42 bits per heavy atom. The lowest BCUT2D eigenvalue weighted by Gasteiger charge is -2.18.